The first-order valence-corrected chi connectivity index (χ1v) is 40.3. The Balaban J connectivity index is 0.000000178. The molecule has 0 amide bonds. The molecule has 5 aromatic rings. The van der Waals surface area contributed by atoms with E-state index in [0.29, 0.717) is 120 Å². The summed E-state index contributed by atoms with van der Waals surface area (Å²) >= 11 is 0. The lowest BCUT2D eigenvalue weighted by atomic mass is 9.75. The highest BCUT2D eigenvalue weighted by Gasteiger charge is 2.45. The average Bonchev–Trinajstić information content (AvgIpc) is 0.682. The molecule has 0 radical (unpaired) electrons. The summed E-state index contributed by atoms with van der Waals surface area (Å²) in [5, 5.41) is 54.9. The van der Waals surface area contributed by atoms with Crippen molar-refractivity contribution in [3.8, 4) is 57.5 Å². The second kappa shape index (κ2) is 40.4. The van der Waals surface area contributed by atoms with Crippen LogP contribution in [0.1, 0.15) is 272 Å². The third kappa shape index (κ3) is 21.3. The van der Waals surface area contributed by atoms with Crippen molar-refractivity contribution in [1.82, 2.24) is 24.5 Å². The Kier molecular flexibility index (Phi) is 19.1. The smallest absolute Gasteiger partial charge is 0.161 e. The van der Waals surface area contributed by atoms with Crippen LogP contribution >= 0.6 is 0 Å². The van der Waals surface area contributed by atoms with Gasteiger partial charge in [0.2, 0.25) is 0 Å². The van der Waals surface area contributed by atoms with Crippen molar-refractivity contribution in [2.45, 2.75) is 233 Å². The predicted octanol–water partition coefficient (Wildman–Crippen LogP) is 15.5. The summed E-state index contributed by atoms with van der Waals surface area (Å²) < 4.78 is 334. The van der Waals surface area contributed by atoms with Crippen molar-refractivity contribution >= 4 is 0 Å². The van der Waals surface area contributed by atoms with Gasteiger partial charge in [-0.3, -0.25) is 24.5 Å². The SMILES string of the molecule is [2H]C([2H])([2H])Oc1cc2c(cc1OC)CCN1CC(C([2H])([2H])C(C)(C([2H])([2H])[2H])C([2H])([2H])[2H])C(O)CC21[2H].[2H]C([2H])([2H])Oc1cc2c(cc1OC)CCN1CC(CC(C)C)C(O)CC21[2H].[2H]C([2H])([2H])Oc1cc2c(cc1OC)CCN1CC([2H])(CC(C)C)C([2H])(O)C([2H])([2H])C21[2H].[2H]C1(CC(C)C)CN2CCc3cc(OC)c(OC)cc3C2([2H])C([2H])([2H])C1([2H])O.[2H]C1(CC(C)C)CN2CCc3cc(OC)c(OC)cc3C2([2H])C([2H])([2H])C1([2H])O. The summed E-state index contributed by atoms with van der Waals surface area (Å²) in [6.45, 7) is 12.0. The molecule has 15 atom stereocenters. The number of hydrogen-bond donors (Lipinski definition) is 5. The summed E-state index contributed by atoms with van der Waals surface area (Å²) in [4.78, 5) is 8.34. The average molecular weight is 1650 g/mol. The van der Waals surface area contributed by atoms with Gasteiger partial charge in [-0.15, -0.1) is 0 Å². The van der Waals surface area contributed by atoms with Crippen LogP contribution in [-0.4, -0.2) is 217 Å². The van der Waals surface area contributed by atoms with E-state index >= 15 is 0 Å². The summed E-state index contributed by atoms with van der Waals surface area (Å²) in [7, 11) is 1.96. The highest BCUT2D eigenvalue weighted by Crippen LogP contribution is 2.51. The zero-order chi connectivity index (χ0) is 114. The van der Waals surface area contributed by atoms with Crippen molar-refractivity contribution in [3.63, 3.8) is 0 Å². The molecular weight excluding hydrogens is 1460 g/mol. The maximum absolute atomic E-state index is 11.1. The third-order valence-electron chi connectivity index (χ3n) is 22.8. The molecule has 0 bridgehead atoms. The number of hydrogen-bond acceptors (Lipinski definition) is 20. The quantitative estimate of drug-likeness (QED) is 0.0520. The molecule has 20 heteroatoms. The number of benzene rings is 5. The molecule has 10 aliphatic rings. The molecule has 0 saturated carbocycles. The van der Waals surface area contributed by atoms with E-state index in [9.17, 15) is 28.3 Å². The molecule has 15 rings (SSSR count). The maximum Gasteiger partial charge on any atom is 0.161 e. The van der Waals surface area contributed by atoms with E-state index in [-0.39, 0.29) is 123 Å². The molecular formula is C96H147N5O15. The van der Waals surface area contributed by atoms with Crippen LogP contribution in [0.15, 0.2) is 60.7 Å². The first kappa shape index (κ1) is 54.9. The standard InChI is InChI=1S/C20H31NO3.4C19H29NO3/c1-20(2,3)11-14-12-21-7-6-13-8-18(23-4)19(24-5)9-15(13)16(21)10-17(14)22;4*1-12(2)7-14-11-20-6-5-13-8-18(22-3)19(23-4)9-15(13)16(20)10-17(14)21/h8-9,14,16-17,22H,6-7,10-12H2,1-5H3;4*8-9,12,14,16-17,21H,5-7,10-11H2,1-4H3/i1D3,2D3,5D3,11D2,16D;4D3,10D2,14D,16D,17D;2*10D2,14D,16D,17D;4D3,16D. The van der Waals surface area contributed by atoms with Crippen LogP contribution in [0.25, 0.3) is 0 Å². The second-order valence-electron chi connectivity index (χ2n) is 33.2. The van der Waals surface area contributed by atoms with E-state index in [0.717, 1.165) is 43.0 Å². The van der Waals surface area contributed by atoms with Gasteiger partial charge in [0, 0.05) is 119 Å². The zero-order valence-electron chi connectivity index (χ0n) is 104. The van der Waals surface area contributed by atoms with E-state index in [2.05, 4.69) is 18.7 Å². The lowest BCUT2D eigenvalue weighted by Crippen LogP contribution is -2.48. The predicted molar refractivity (Wildman–Crippen MR) is 460 cm³/mol. The summed E-state index contributed by atoms with van der Waals surface area (Å²) in [5.74, 6) is -3.98. The molecule has 116 heavy (non-hydrogen) atoms. The molecule has 5 fully saturated rings. The number of fused-ring (bicyclic) bond motifs is 15. The van der Waals surface area contributed by atoms with Gasteiger partial charge in [0.05, 0.1) is 125 Å². The summed E-state index contributed by atoms with van der Waals surface area (Å²) in [6.07, 6.45) is -17.8. The van der Waals surface area contributed by atoms with Crippen LogP contribution in [0.3, 0.4) is 0 Å². The number of methoxy groups -OCH3 is 10. The van der Waals surface area contributed by atoms with Gasteiger partial charge in [-0.05, 0) is 271 Å². The summed E-state index contributed by atoms with van der Waals surface area (Å²) in [5.41, 5.74) is 2.67. The van der Waals surface area contributed by atoms with E-state index < -0.39 is 150 Å². The van der Waals surface area contributed by atoms with Crippen molar-refractivity contribution < 1.29 is 120 Å². The second-order valence-corrected chi connectivity index (χ2v) is 33.2. The van der Waals surface area contributed by atoms with Crippen LogP contribution in [0.2, 0.25) is 0 Å². The Hall–Kier alpha value is -6.30. The minimum absolute atomic E-state index is 0.00448. The third-order valence-corrected chi connectivity index (χ3v) is 22.8. The van der Waals surface area contributed by atoms with Crippen LogP contribution in [0.5, 0.6) is 57.5 Å². The Labute approximate surface area is 743 Å². The highest BCUT2D eigenvalue weighted by molar-refractivity contribution is 5.54. The van der Waals surface area contributed by atoms with Gasteiger partial charge in [-0.1, -0.05) is 76.0 Å². The van der Waals surface area contributed by atoms with Gasteiger partial charge in [0.1, 0.15) is 0 Å². The van der Waals surface area contributed by atoms with Crippen LogP contribution < -0.4 is 47.4 Å². The number of aliphatic hydroxyl groups excluding tert-OH is 2. The zero-order valence-corrected chi connectivity index (χ0v) is 70.3. The first-order valence-electron chi connectivity index (χ1n) is 57.3. The molecule has 5 saturated heterocycles. The number of ether oxygens (including phenoxy) is 10. The fourth-order valence-electron chi connectivity index (χ4n) is 17.4. The van der Waals surface area contributed by atoms with Crippen molar-refractivity contribution in [1.29, 1.82) is 0 Å². The van der Waals surface area contributed by atoms with Crippen molar-refractivity contribution in [3.05, 3.63) is 116 Å². The molecule has 10 heterocycles. The number of piperidine rings is 5. The highest BCUT2D eigenvalue weighted by atomic mass is 16.5. The molecule has 0 spiro atoms. The van der Waals surface area contributed by atoms with E-state index in [1.54, 1.807) is 57.2 Å². The molecule has 646 valence electrons. The lowest BCUT2D eigenvalue weighted by molar-refractivity contribution is -0.0259. The van der Waals surface area contributed by atoms with Crippen LogP contribution in [0, 0.1) is 58.6 Å². The number of nitrogens with zero attached hydrogens (tertiary/aromatic N) is 5. The lowest BCUT2D eigenvalue weighted by Gasteiger charge is -2.47. The number of aliphatic hydroxyl groups is 5. The Bertz CT molecular complexity index is 5500. The molecule has 5 aromatic carbocycles. The van der Waals surface area contributed by atoms with E-state index in [1.807, 2.05) is 41.5 Å². The minimum Gasteiger partial charge on any atom is -0.493 e. The molecule has 5 N–H and O–H groups in total. The normalized spacial score (nSPS) is 40.7. The Morgan fingerprint density at radius 1 is 0.362 bits per heavy atom. The van der Waals surface area contributed by atoms with Crippen LogP contribution in [-0.2, 0) is 32.1 Å². The van der Waals surface area contributed by atoms with Crippen molar-refractivity contribution in [2.75, 3.05) is 136 Å². The maximum atomic E-state index is 11.1. The Morgan fingerprint density at radius 3 is 0.862 bits per heavy atom. The number of rotatable bonds is 19. The molecule has 15 unspecified atom stereocenters. The van der Waals surface area contributed by atoms with Gasteiger partial charge in [-0.2, -0.15) is 0 Å². The minimum atomic E-state index is -3.20. The largest absolute Gasteiger partial charge is 0.493 e. The fourth-order valence-corrected chi connectivity index (χ4v) is 17.4. The van der Waals surface area contributed by atoms with Gasteiger partial charge >= 0.3 is 0 Å². The van der Waals surface area contributed by atoms with E-state index in [4.69, 9.17) is 91.2 Å². The molecule has 20 nitrogen and oxygen atoms in total. The summed E-state index contributed by atoms with van der Waals surface area (Å²) in [6, 6.07) is 6.76. The molecule has 0 aromatic heterocycles. The van der Waals surface area contributed by atoms with Gasteiger partial charge in [0.15, 0.2) is 57.5 Å². The first-order chi connectivity index (χ1) is 68.3. The fraction of sp³-hybridized carbons (Fsp3) is 0.688. The van der Waals surface area contributed by atoms with Gasteiger partial charge in [-0.25, -0.2) is 0 Å². The van der Waals surface area contributed by atoms with Gasteiger partial charge < -0.3 is 72.9 Å². The van der Waals surface area contributed by atoms with Crippen LogP contribution in [0.4, 0.5) is 0 Å². The molecule has 0 aliphatic carbocycles. The molecule has 10 aliphatic heterocycles. The van der Waals surface area contributed by atoms with E-state index in [1.165, 1.54) is 72.9 Å². The van der Waals surface area contributed by atoms with Gasteiger partial charge in [0.25, 0.3) is 0 Å². The Morgan fingerprint density at radius 2 is 0.603 bits per heavy atom. The monoisotopic (exact) mass is 1640 g/mol. The van der Waals surface area contributed by atoms with Crippen molar-refractivity contribution in [2.24, 2.45) is 58.6 Å². The topological polar surface area (TPSA) is 210 Å².